The molecule has 0 aromatic carbocycles. The highest BCUT2D eigenvalue weighted by Crippen LogP contribution is 2.37. The molecule has 3 aliphatic rings. The van der Waals surface area contributed by atoms with Crippen LogP contribution in [0.1, 0.15) is 69.0 Å². The van der Waals surface area contributed by atoms with Crippen LogP contribution in [0, 0.1) is 0 Å². The van der Waals surface area contributed by atoms with Gasteiger partial charge in [0.25, 0.3) is 5.88 Å². The number of pyridine rings is 2. The van der Waals surface area contributed by atoms with E-state index in [0.717, 1.165) is 29.9 Å². The first kappa shape index (κ1) is 20.8. The summed E-state index contributed by atoms with van der Waals surface area (Å²) in [4.78, 5) is 12.6. The van der Waals surface area contributed by atoms with Crippen molar-refractivity contribution >= 4 is 16.7 Å². The third kappa shape index (κ3) is 4.19. The number of aromatic nitrogens is 2. The molecule has 0 radical (unpaired) electrons. The average molecular weight is 425 g/mol. The Morgan fingerprint density at radius 1 is 0.903 bits per heavy atom. The number of anilines is 1. The van der Waals surface area contributed by atoms with Gasteiger partial charge in [0, 0.05) is 36.9 Å². The van der Waals surface area contributed by atoms with Crippen LogP contribution in [0.5, 0.6) is 11.6 Å². The molecule has 0 atom stereocenters. The van der Waals surface area contributed by atoms with E-state index in [0.29, 0.717) is 17.7 Å². The van der Waals surface area contributed by atoms with Crippen LogP contribution in [0.15, 0.2) is 6.07 Å². The zero-order valence-corrected chi connectivity index (χ0v) is 19.1. The molecule has 1 saturated heterocycles. The highest BCUT2D eigenvalue weighted by molar-refractivity contribution is 5.91. The number of nitrogens with one attached hydrogen (secondary N) is 1. The Bertz CT molecular complexity index is 912. The highest BCUT2D eigenvalue weighted by Gasteiger charge is 2.28. The van der Waals surface area contributed by atoms with Gasteiger partial charge in [-0.05, 0) is 56.9 Å². The summed E-state index contributed by atoms with van der Waals surface area (Å²) in [7, 11) is 3.31. The Hall–Kier alpha value is -2.08. The fourth-order valence-electron chi connectivity index (χ4n) is 5.81. The maximum atomic E-state index is 5.52. The lowest BCUT2D eigenvalue weighted by atomic mass is 9.91. The zero-order valence-electron chi connectivity index (χ0n) is 19.1. The normalized spacial score (nSPS) is 21.1. The molecule has 3 heterocycles. The molecule has 6 nitrogen and oxygen atoms in total. The van der Waals surface area contributed by atoms with E-state index in [1.54, 1.807) is 14.2 Å². The van der Waals surface area contributed by atoms with Gasteiger partial charge in [-0.2, -0.15) is 0 Å². The van der Waals surface area contributed by atoms with Gasteiger partial charge in [-0.1, -0.05) is 19.3 Å². The summed E-state index contributed by atoms with van der Waals surface area (Å²) in [6.07, 6.45) is 14.0. The molecule has 6 heteroatoms. The maximum Gasteiger partial charge on any atom is 0.257 e. The molecular weight excluding hydrogens is 388 g/mol. The Morgan fingerprint density at radius 2 is 1.68 bits per heavy atom. The first-order valence-electron chi connectivity index (χ1n) is 12.2. The van der Waals surface area contributed by atoms with E-state index in [4.69, 9.17) is 19.4 Å². The first-order chi connectivity index (χ1) is 15.3. The van der Waals surface area contributed by atoms with E-state index >= 15 is 0 Å². The Labute approximate surface area is 185 Å². The smallest absolute Gasteiger partial charge is 0.257 e. The Balaban J connectivity index is 1.42. The summed E-state index contributed by atoms with van der Waals surface area (Å²) in [5.74, 6) is 1.17. The highest BCUT2D eigenvalue weighted by atomic mass is 16.5. The van der Waals surface area contributed by atoms with Crippen molar-refractivity contribution in [3.05, 3.63) is 17.3 Å². The molecule has 2 aliphatic carbocycles. The molecular formula is C25H36N4O2. The van der Waals surface area contributed by atoms with Gasteiger partial charge < -0.3 is 19.7 Å². The molecule has 0 amide bonds. The number of hydrogen-bond donors (Lipinski definition) is 1. The Morgan fingerprint density at radius 3 is 2.42 bits per heavy atom. The summed E-state index contributed by atoms with van der Waals surface area (Å²) in [5, 5.41) is 3.94. The lowest BCUT2D eigenvalue weighted by molar-refractivity contribution is 0.126. The molecule has 1 aliphatic heterocycles. The number of hydrogen-bond acceptors (Lipinski definition) is 6. The van der Waals surface area contributed by atoms with Crippen LogP contribution >= 0.6 is 0 Å². The molecule has 0 bridgehead atoms. The number of fused-ring (bicyclic) bond motifs is 2. The number of aryl methyl sites for hydroxylation is 1. The number of piperidine rings is 1. The summed E-state index contributed by atoms with van der Waals surface area (Å²) < 4.78 is 11.0. The quantitative estimate of drug-likeness (QED) is 0.748. The van der Waals surface area contributed by atoms with Gasteiger partial charge in [-0.3, -0.25) is 4.98 Å². The predicted octanol–water partition coefficient (Wildman–Crippen LogP) is 4.73. The SMILES string of the molecule is COc1cc2nc3c(c(NC4CCN(C5CCCCC5)CC4)c2nc1OC)CCCC3. The van der Waals surface area contributed by atoms with E-state index in [9.17, 15) is 0 Å². The van der Waals surface area contributed by atoms with Crippen molar-refractivity contribution in [2.24, 2.45) is 0 Å². The maximum absolute atomic E-state index is 5.52. The van der Waals surface area contributed by atoms with Crippen molar-refractivity contribution in [1.82, 2.24) is 14.9 Å². The summed E-state index contributed by atoms with van der Waals surface area (Å²) in [6.45, 7) is 2.41. The second-order valence-corrected chi connectivity index (χ2v) is 9.43. The molecule has 0 unspecified atom stereocenters. The first-order valence-corrected chi connectivity index (χ1v) is 12.2. The topological polar surface area (TPSA) is 59.5 Å². The largest absolute Gasteiger partial charge is 0.491 e. The molecule has 2 fully saturated rings. The van der Waals surface area contributed by atoms with Crippen LogP contribution in [0.25, 0.3) is 11.0 Å². The van der Waals surface area contributed by atoms with E-state index < -0.39 is 0 Å². The van der Waals surface area contributed by atoms with Gasteiger partial charge in [0.2, 0.25) is 0 Å². The summed E-state index contributed by atoms with van der Waals surface area (Å²) in [5.41, 5.74) is 5.62. The summed E-state index contributed by atoms with van der Waals surface area (Å²) in [6, 6.07) is 3.29. The number of ether oxygens (including phenoxy) is 2. The minimum Gasteiger partial charge on any atom is -0.491 e. The molecule has 168 valence electrons. The van der Waals surface area contributed by atoms with E-state index in [1.165, 1.54) is 87.8 Å². The second kappa shape index (κ2) is 9.19. The third-order valence-electron chi connectivity index (χ3n) is 7.55. The van der Waals surface area contributed by atoms with Crippen LogP contribution in [0.4, 0.5) is 5.69 Å². The van der Waals surface area contributed by atoms with Crippen molar-refractivity contribution in [3.8, 4) is 11.6 Å². The van der Waals surface area contributed by atoms with E-state index in [-0.39, 0.29) is 0 Å². The zero-order chi connectivity index (χ0) is 21.2. The van der Waals surface area contributed by atoms with Gasteiger partial charge in [0.15, 0.2) is 5.75 Å². The number of methoxy groups -OCH3 is 2. The van der Waals surface area contributed by atoms with Crippen LogP contribution < -0.4 is 14.8 Å². The van der Waals surface area contributed by atoms with Crippen molar-refractivity contribution in [3.63, 3.8) is 0 Å². The fourth-order valence-corrected chi connectivity index (χ4v) is 5.81. The lowest BCUT2D eigenvalue weighted by Gasteiger charge is -2.40. The second-order valence-electron chi connectivity index (χ2n) is 9.43. The molecule has 2 aromatic rings. The summed E-state index contributed by atoms with van der Waals surface area (Å²) >= 11 is 0. The standard InChI is InChI=1S/C25H36N4O2/c1-30-22-16-21-24(28-25(22)31-2)23(19-10-6-7-11-20(19)27-21)26-17-12-14-29(15-13-17)18-8-4-3-5-9-18/h16-18H,3-15H2,1-2H3,(H,26,27). The van der Waals surface area contributed by atoms with Gasteiger partial charge >= 0.3 is 0 Å². The number of nitrogens with zero attached hydrogens (tertiary/aromatic N) is 3. The lowest BCUT2D eigenvalue weighted by Crippen LogP contribution is -2.45. The molecule has 5 rings (SSSR count). The van der Waals surface area contributed by atoms with Crippen LogP contribution in [0.3, 0.4) is 0 Å². The number of likely N-dealkylation sites (tertiary alicyclic amines) is 1. The average Bonchev–Trinajstić information content (AvgIpc) is 2.84. The van der Waals surface area contributed by atoms with Crippen LogP contribution in [-0.2, 0) is 12.8 Å². The van der Waals surface area contributed by atoms with Crippen molar-refractivity contribution in [2.75, 3.05) is 32.6 Å². The third-order valence-corrected chi connectivity index (χ3v) is 7.55. The van der Waals surface area contributed by atoms with Crippen LogP contribution in [-0.4, -0.2) is 54.3 Å². The van der Waals surface area contributed by atoms with Crippen molar-refractivity contribution < 1.29 is 9.47 Å². The molecule has 0 spiro atoms. The minimum absolute atomic E-state index is 0.492. The monoisotopic (exact) mass is 424 g/mol. The van der Waals surface area contributed by atoms with E-state index in [2.05, 4.69) is 10.2 Å². The van der Waals surface area contributed by atoms with Crippen molar-refractivity contribution in [2.45, 2.75) is 82.7 Å². The van der Waals surface area contributed by atoms with Gasteiger partial charge in [0.1, 0.15) is 5.52 Å². The van der Waals surface area contributed by atoms with Gasteiger partial charge in [0.05, 0.1) is 25.4 Å². The Kier molecular flexibility index (Phi) is 6.17. The molecule has 1 saturated carbocycles. The van der Waals surface area contributed by atoms with Gasteiger partial charge in [-0.25, -0.2) is 4.98 Å². The number of rotatable bonds is 5. The van der Waals surface area contributed by atoms with Gasteiger partial charge in [-0.15, -0.1) is 0 Å². The van der Waals surface area contributed by atoms with Crippen molar-refractivity contribution in [1.29, 1.82) is 0 Å². The fraction of sp³-hybridized carbons (Fsp3) is 0.680. The molecule has 31 heavy (non-hydrogen) atoms. The molecule has 1 N–H and O–H groups in total. The molecule has 2 aromatic heterocycles. The minimum atomic E-state index is 0.492. The predicted molar refractivity (Wildman–Crippen MR) is 124 cm³/mol. The van der Waals surface area contributed by atoms with Crippen LogP contribution in [0.2, 0.25) is 0 Å². The van der Waals surface area contributed by atoms with E-state index in [1.807, 2.05) is 6.07 Å².